The van der Waals surface area contributed by atoms with Crippen LogP contribution in [0.15, 0.2) is 78.9 Å². The summed E-state index contributed by atoms with van der Waals surface area (Å²) in [6.45, 7) is 10.5. The van der Waals surface area contributed by atoms with Crippen LogP contribution in [-0.4, -0.2) is 85.8 Å². The highest BCUT2D eigenvalue weighted by atomic mass is 16.5. The Labute approximate surface area is 384 Å². The fourth-order valence-corrected chi connectivity index (χ4v) is 10.5. The fraction of sp³-hybridized carbons (Fsp3) is 0.396. The molecular formula is C53H58N8O5. The van der Waals surface area contributed by atoms with Crippen molar-refractivity contribution >= 4 is 67.4 Å². The Morgan fingerprint density at radius 1 is 0.636 bits per heavy atom. The Hall–Kier alpha value is -6.76. The van der Waals surface area contributed by atoms with Crippen molar-refractivity contribution in [1.29, 1.82) is 0 Å². The topological polar surface area (TPSA) is 165 Å². The molecule has 7 aromatic rings. The second-order valence-electron chi connectivity index (χ2n) is 19.3. The van der Waals surface area contributed by atoms with Crippen LogP contribution < -0.4 is 10.6 Å². The van der Waals surface area contributed by atoms with Gasteiger partial charge in [-0.25, -0.2) is 14.8 Å². The van der Waals surface area contributed by atoms with Crippen LogP contribution in [0.2, 0.25) is 0 Å². The summed E-state index contributed by atoms with van der Waals surface area (Å²) in [6, 6.07) is 27.0. The molecule has 0 spiro atoms. The number of hydrogen-bond acceptors (Lipinski definition) is 7. The van der Waals surface area contributed by atoms with Crippen LogP contribution in [0.4, 0.5) is 4.79 Å². The van der Waals surface area contributed by atoms with E-state index in [9.17, 15) is 19.2 Å². The number of carbonyl (C=O) groups is 4. The minimum absolute atomic E-state index is 0.0308. The van der Waals surface area contributed by atoms with E-state index < -0.39 is 18.2 Å². The van der Waals surface area contributed by atoms with Crippen LogP contribution in [0.5, 0.6) is 0 Å². The summed E-state index contributed by atoms with van der Waals surface area (Å²) in [5.74, 6) is 1.53. The number of H-pyrrole nitrogens is 2. The number of methoxy groups -OCH3 is 1. The second kappa shape index (κ2) is 17.2. The molecule has 1 saturated carbocycles. The maximum Gasteiger partial charge on any atom is 0.407 e. The number of ether oxygens (including phenoxy) is 1. The Kier molecular flexibility index (Phi) is 11.3. The molecule has 340 valence electrons. The molecule has 1 aliphatic carbocycles. The quantitative estimate of drug-likeness (QED) is 0.100. The number of benzene rings is 5. The summed E-state index contributed by atoms with van der Waals surface area (Å²) in [4.78, 5) is 72.7. The van der Waals surface area contributed by atoms with E-state index in [-0.39, 0.29) is 41.6 Å². The third-order valence-electron chi connectivity index (χ3n) is 14.1. The van der Waals surface area contributed by atoms with Gasteiger partial charge in [-0.3, -0.25) is 14.4 Å². The number of amides is 4. The first-order valence-corrected chi connectivity index (χ1v) is 23.6. The molecule has 4 atom stereocenters. The standard InChI is InChI=1S/C53H58N8O5/c1-28(2)45(54-30(5)62)51(63)60-23-7-9-43(60)49-56-42-22-17-36-26-34(15-20-39(36)48(42)58-49)37-18-13-33(27-40(37)31-11-12-31)32-14-19-38-35(25-32)16-21-41-47(38)57-50(55-41)44-10-8-24-61(44)52(64)46(29(3)4)59-53(65)66-6/h13-22,25-29,31,43-46H,7-12,23-24H2,1-6H3,(H,54,62)(H,55,57)(H,56,58)(H,59,65)/t43-,44?,45-,46-/m0/s1. The first kappa shape index (κ1) is 43.1. The minimum atomic E-state index is -0.691. The van der Waals surface area contributed by atoms with Gasteiger partial charge in [-0.15, -0.1) is 0 Å². The van der Waals surface area contributed by atoms with Gasteiger partial charge in [0.15, 0.2) is 0 Å². The zero-order valence-corrected chi connectivity index (χ0v) is 38.5. The minimum Gasteiger partial charge on any atom is -0.453 e. The average molecular weight is 887 g/mol. The lowest BCUT2D eigenvalue weighted by Crippen LogP contribution is -2.51. The number of alkyl carbamates (subject to hydrolysis) is 1. The lowest BCUT2D eigenvalue weighted by molar-refractivity contribution is -0.138. The number of likely N-dealkylation sites (tertiary alicyclic amines) is 2. The van der Waals surface area contributed by atoms with E-state index in [0.29, 0.717) is 19.0 Å². The van der Waals surface area contributed by atoms with Gasteiger partial charge in [0.1, 0.15) is 23.7 Å². The summed E-state index contributed by atoms with van der Waals surface area (Å²) < 4.78 is 4.82. The maximum absolute atomic E-state index is 13.8. The number of nitrogens with zero attached hydrogens (tertiary/aromatic N) is 4. The molecule has 0 bridgehead atoms. The molecule has 10 rings (SSSR count). The van der Waals surface area contributed by atoms with Gasteiger partial charge in [-0.2, -0.15) is 0 Å². The number of fused-ring (bicyclic) bond motifs is 6. The number of aromatic amines is 2. The summed E-state index contributed by atoms with van der Waals surface area (Å²) in [6.07, 6.45) is 5.07. The third kappa shape index (κ3) is 7.92. The molecule has 3 fully saturated rings. The van der Waals surface area contributed by atoms with Gasteiger partial charge >= 0.3 is 6.09 Å². The molecule has 4 N–H and O–H groups in total. The van der Waals surface area contributed by atoms with Crippen molar-refractivity contribution in [3.05, 3.63) is 96.1 Å². The van der Waals surface area contributed by atoms with E-state index in [1.165, 1.54) is 49.1 Å². The van der Waals surface area contributed by atoms with Gasteiger partial charge in [-0.05, 0) is 119 Å². The smallest absolute Gasteiger partial charge is 0.407 e. The van der Waals surface area contributed by atoms with E-state index in [0.717, 1.165) is 86.5 Å². The van der Waals surface area contributed by atoms with Crippen LogP contribution in [0.25, 0.3) is 65.9 Å². The summed E-state index contributed by atoms with van der Waals surface area (Å²) in [7, 11) is 1.30. The molecule has 1 unspecified atom stereocenters. The molecule has 2 aromatic heterocycles. The van der Waals surface area contributed by atoms with Crippen molar-refractivity contribution < 1.29 is 23.9 Å². The third-order valence-corrected chi connectivity index (χ3v) is 14.1. The van der Waals surface area contributed by atoms with Crippen LogP contribution >= 0.6 is 0 Å². The number of carbonyl (C=O) groups excluding carboxylic acids is 4. The number of nitrogens with one attached hydrogen (secondary N) is 4. The monoisotopic (exact) mass is 886 g/mol. The van der Waals surface area contributed by atoms with E-state index in [2.05, 4.69) is 99.5 Å². The van der Waals surface area contributed by atoms with Crippen LogP contribution in [0.3, 0.4) is 0 Å². The fourth-order valence-electron chi connectivity index (χ4n) is 10.5. The summed E-state index contributed by atoms with van der Waals surface area (Å²) >= 11 is 0. The van der Waals surface area contributed by atoms with Gasteiger partial charge in [0.25, 0.3) is 0 Å². The lowest BCUT2D eigenvalue weighted by Gasteiger charge is -2.30. The zero-order valence-electron chi connectivity index (χ0n) is 38.5. The number of imidazole rings is 2. The van der Waals surface area contributed by atoms with Gasteiger partial charge < -0.3 is 35.1 Å². The van der Waals surface area contributed by atoms with Crippen molar-refractivity contribution in [2.24, 2.45) is 11.8 Å². The summed E-state index contributed by atoms with van der Waals surface area (Å²) in [5, 5.41) is 9.92. The van der Waals surface area contributed by atoms with Crippen molar-refractivity contribution in [3.63, 3.8) is 0 Å². The Balaban J connectivity index is 0.912. The van der Waals surface area contributed by atoms with E-state index in [1.54, 1.807) is 0 Å². The summed E-state index contributed by atoms with van der Waals surface area (Å²) in [5.41, 5.74) is 9.75. The predicted molar refractivity (Wildman–Crippen MR) is 258 cm³/mol. The molecule has 13 heteroatoms. The van der Waals surface area contributed by atoms with Gasteiger partial charge in [0, 0.05) is 30.8 Å². The molecule has 2 aliphatic heterocycles. The van der Waals surface area contributed by atoms with Crippen LogP contribution in [-0.2, 0) is 19.1 Å². The molecule has 4 heterocycles. The van der Waals surface area contributed by atoms with E-state index in [4.69, 9.17) is 14.7 Å². The number of aromatic nitrogens is 4. The molecule has 2 saturated heterocycles. The first-order chi connectivity index (χ1) is 31.9. The number of rotatable bonds is 11. The SMILES string of the molecule is COC(=O)N[C@H](C(=O)N1CCCC1c1nc2c(ccc3cc(-c4ccc(-c5ccc6c(ccc7[nH]c([C@@H]8CCCN8C(=O)[C@@H](NC(C)=O)C(C)C)nc76)c5)c(C5CC5)c4)ccc32)[nH]1)C(C)C. The molecule has 13 nitrogen and oxygen atoms in total. The molecular weight excluding hydrogens is 829 g/mol. The van der Waals surface area contributed by atoms with Crippen molar-refractivity contribution in [3.8, 4) is 22.3 Å². The van der Waals surface area contributed by atoms with Gasteiger partial charge in [0.2, 0.25) is 17.7 Å². The molecule has 4 amide bonds. The maximum atomic E-state index is 13.8. The zero-order chi connectivity index (χ0) is 46.0. The Bertz CT molecular complexity index is 3060. The van der Waals surface area contributed by atoms with Crippen LogP contribution in [0, 0.1) is 11.8 Å². The average Bonchev–Trinajstić information content (AvgIpc) is 3.70. The van der Waals surface area contributed by atoms with E-state index >= 15 is 0 Å². The normalized spacial score (nSPS) is 18.5. The molecule has 0 radical (unpaired) electrons. The highest BCUT2D eigenvalue weighted by Gasteiger charge is 2.39. The predicted octanol–water partition coefficient (Wildman–Crippen LogP) is 9.83. The molecule has 66 heavy (non-hydrogen) atoms. The first-order valence-electron chi connectivity index (χ1n) is 23.6. The number of hydrogen-bond donors (Lipinski definition) is 4. The second-order valence-corrected chi connectivity index (χ2v) is 19.3. The molecule has 5 aromatic carbocycles. The van der Waals surface area contributed by atoms with Crippen LogP contribution in [0.1, 0.15) is 108 Å². The lowest BCUT2D eigenvalue weighted by atomic mass is 9.91. The van der Waals surface area contributed by atoms with Gasteiger partial charge in [0.05, 0.1) is 41.3 Å². The van der Waals surface area contributed by atoms with Crippen molar-refractivity contribution in [2.45, 2.75) is 103 Å². The Morgan fingerprint density at radius 3 is 1.65 bits per heavy atom. The highest BCUT2D eigenvalue weighted by molar-refractivity contribution is 6.07. The molecule has 3 aliphatic rings. The largest absolute Gasteiger partial charge is 0.453 e. The van der Waals surface area contributed by atoms with Crippen molar-refractivity contribution in [2.75, 3.05) is 20.2 Å². The Morgan fingerprint density at radius 2 is 1.14 bits per heavy atom. The van der Waals surface area contributed by atoms with E-state index in [1.807, 2.05) is 37.5 Å². The van der Waals surface area contributed by atoms with Gasteiger partial charge in [-0.1, -0.05) is 82.3 Å². The van der Waals surface area contributed by atoms with Crippen molar-refractivity contribution in [1.82, 2.24) is 40.4 Å². The highest BCUT2D eigenvalue weighted by Crippen LogP contribution is 2.47.